The predicted octanol–water partition coefficient (Wildman–Crippen LogP) is 1.11. The van der Waals surface area contributed by atoms with E-state index in [0.717, 1.165) is 25.5 Å². The number of hydrogen-bond acceptors (Lipinski definition) is 4. The van der Waals surface area contributed by atoms with Gasteiger partial charge in [0.25, 0.3) is 0 Å². The van der Waals surface area contributed by atoms with Crippen LogP contribution in [0.15, 0.2) is 0 Å². The van der Waals surface area contributed by atoms with Gasteiger partial charge in [0.15, 0.2) is 15.8 Å². The Hall–Kier alpha value is -0.580. The molecule has 5 heteroatoms. The molecule has 78 valence electrons. The van der Waals surface area contributed by atoms with Gasteiger partial charge in [-0.3, -0.25) is 4.79 Å². The molecular formula is C8H16O4S. The zero-order chi connectivity index (χ0) is 10.3. The summed E-state index contributed by atoms with van der Waals surface area (Å²) < 4.78 is 25.7. The van der Waals surface area contributed by atoms with E-state index in [1.54, 1.807) is 0 Å². The molecule has 0 fully saturated rings. The molecule has 0 rings (SSSR count). The van der Waals surface area contributed by atoms with Crippen molar-refractivity contribution in [2.24, 2.45) is 0 Å². The van der Waals surface area contributed by atoms with Crippen molar-refractivity contribution < 1.29 is 17.9 Å². The Kier molecular flexibility index (Phi) is 5.70. The second-order valence-corrected chi connectivity index (χ2v) is 5.10. The lowest BCUT2D eigenvalue weighted by Crippen LogP contribution is -2.12. The maximum atomic E-state index is 10.9. The topological polar surface area (TPSA) is 60.4 Å². The average Bonchev–Trinajstić information content (AvgIpc) is 2.00. The average molecular weight is 208 g/mol. The van der Waals surface area contributed by atoms with Crippen LogP contribution < -0.4 is 0 Å². The van der Waals surface area contributed by atoms with E-state index in [1.165, 1.54) is 0 Å². The third-order valence-electron chi connectivity index (χ3n) is 1.42. The highest BCUT2D eigenvalue weighted by atomic mass is 32.2. The molecule has 0 amide bonds. The molecule has 0 radical (unpaired) electrons. The van der Waals surface area contributed by atoms with Crippen LogP contribution in [-0.4, -0.2) is 26.6 Å². The Morgan fingerprint density at radius 2 is 1.92 bits per heavy atom. The molecule has 0 aromatic heterocycles. The molecule has 0 aliphatic rings. The van der Waals surface area contributed by atoms with Crippen LogP contribution in [0.2, 0.25) is 0 Å². The van der Waals surface area contributed by atoms with Gasteiger partial charge in [-0.25, -0.2) is 8.42 Å². The fraction of sp³-hybridized carbons (Fsp3) is 0.875. The van der Waals surface area contributed by atoms with Gasteiger partial charge < -0.3 is 4.74 Å². The lowest BCUT2D eigenvalue weighted by molar-refractivity contribution is -0.141. The van der Waals surface area contributed by atoms with Crippen molar-refractivity contribution >= 4 is 15.8 Å². The number of unbranched alkanes of at least 4 members (excludes halogenated alkanes) is 2. The summed E-state index contributed by atoms with van der Waals surface area (Å²) in [5.74, 6) is -0.934. The van der Waals surface area contributed by atoms with Gasteiger partial charge in [0.1, 0.15) is 0 Å². The van der Waals surface area contributed by atoms with Crippen molar-refractivity contribution in [2.45, 2.75) is 32.6 Å². The van der Waals surface area contributed by atoms with Gasteiger partial charge in [0.2, 0.25) is 0 Å². The van der Waals surface area contributed by atoms with Crippen LogP contribution in [0, 0.1) is 0 Å². The molecule has 0 atom stereocenters. The van der Waals surface area contributed by atoms with Gasteiger partial charge in [-0.2, -0.15) is 0 Å². The lowest BCUT2D eigenvalue weighted by Gasteiger charge is -2.01. The number of carbonyl (C=O) groups excluding carboxylic acids is 1. The predicted molar refractivity (Wildman–Crippen MR) is 49.9 cm³/mol. The molecule has 0 aliphatic carbocycles. The molecule has 0 aromatic rings. The number of carbonyl (C=O) groups is 1. The third kappa shape index (κ3) is 9.33. The van der Waals surface area contributed by atoms with Crippen molar-refractivity contribution in [1.82, 2.24) is 0 Å². The normalized spacial score (nSPS) is 11.2. The zero-order valence-corrected chi connectivity index (χ0v) is 8.89. The van der Waals surface area contributed by atoms with Crippen molar-refractivity contribution in [1.29, 1.82) is 0 Å². The third-order valence-corrected chi connectivity index (χ3v) is 1.96. The molecule has 0 saturated heterocycles. The Morgan fingerprint density at radius 1 is 1.31 bits per heavy atom. The van der Waals surface area contributed by atoms with E-state index in [1.807, 2.05) is 6.92 Å². The van der Waals surface area contributed by atoms with E-state index >= 15 is 0 Å². The molecule has 0 spiro atoms. The van der Waals surface area contributed by atoms with Gasteiger partial charge in [0.05, 0.1) is 0 Å². The molecule has 0 N–H and O–H groups in total. The summed E-state index contributed by atoms with van der Waals surface area (Å²) in [6, 6.07) is 0. The minimum Gasteiger partial charge on any atom is -0.449 e. The van der Waals surface area contributed by atoms with E-state index in [9.17, 15) is 13.2 Å². The molecule has 0 aliphatic heterocycles. The first-order valence-corrected chi connectivity index (χ1v) is 6.35. The molecule has 0 heterocycles. The van der Waals surface area contributed by atoms with Crippen molar-refractivity contribution in [3.8, 4) is 0 Å². The van der Waals surface area contributed by atoms with Crippen molar-refractivity contribution in [3.63, 3.8) is 0 Å². The van der Waals surface area contributed by atoms with Gasteiger partial charge in [0, 0.05) is 12.7 Å². The Morgan fingerprint density at radius 3 is 2.38 bits per heavy atom. The summed E-state index contributed by atoms with van der Waals surface area (Å²) in [4.78, 5) is 10.9. The van der Waals surface area contributed by atoms with Crippen LogP contribution in [0.5, 0.6) is 0 Å². The van der Waals surface area contributed by atoms with E-state index in [2.05, 4.69) is 4.74 Å². The molecule has 0 saturated carbocycles. The zero-order valence-electron chi connectivity index (χ0n) is 8.08. The number of esters is 1. The van der Waals surface area contributed by atoms with E-state index < -0.39 is 21.7 Å². The molecule has 0 unspecified atom stereocenters. The first-order chi connectivity index (χ1) is 5.95. The van der Waals surface area contributed by atoms with Crippen molar-refractivity contribution in [2.75, 3.05) is 12.2 Å². The largest absolute Gasteiger partial charge is 0.449 e. The smallest absolute Gasteiger partial charge is 0.306 e. The summed E-state index contributed by atoms with van der Waals surface area (Å²) in [5, 5.41) is 0. The highest BCUT2D eigenvalue weighted by molar-refractivity contribution is 7.90. The van der Waals surface area contributed by atoms with Crippen LogP contribution in [-0.2, 0) is 19.4 Å². The van der Waals surface area contributed by atoms with Gasteiger partial charge >= 0.3 is 5.97 Å². The standard InChI is InChI=1S/C8H16O4S/c1-3-4-5-6-8(9)12-7-13(2,10)11/h3-7H2,1-2H3. The number of sulfone groups is 1. The van der Waals surface area contributed by atoms with E-state index in [0.29, 0.717) is 6.42 Å². The maximum absolute atomic E-state index is 10.9. The minimum atomic E-state index is -3.19. The van der Waals surface area contributed by atoms with Gasteiger partial charge in [-0.15, -0.1) is 0 Å². The quantitative estimate of drug-likeness (QED) is 0.484. The number of hydrogen-bond donors (Lipinski definition) is 0. The Bertz CT molecular complexity index is 243. The fourth-order valence-electron chi connectivity index (χ4n) is 0.764. The summed E-state index contributed by atoms with van der Waals surface area (Å²) in [5.41, 5.74) is 0. The first-order valence-electron chi connectivity index (χ1n) is 4.29. The van der Waals surface area contributed by atoms with Crippen LogP contribution in [0.4, 0.5) is 0 Å². The SMILES string of the molecule is CCCCCC(=O)OCS(C)(=O)=O. The highest BCUT2D eigenvalue weighted by Crippen LogP contribution is 2.00. The second kappa shape index (κ2) is 5.96. The summed E-state index contributed by atoms with van der Waals surface area (Å²) in [7, 11) is -3.19. The number of ether oxygens (including phenoxy) is 1. The van der Waals surface area contributed by atoms with Crippen molar-refractivity contribution in [3.05, 3.63) is 0 Å². The van der Waals surface area contributed by atoms with Gasteiger partial charge in [-0.05, 0) is 6.42 Å². The molecule has 0 bridgehead atoms. The minimum absolute atomic E-state index is 0.309. The molecule has 0 aromatic carbocycles. The van der Waals surface area contributed by atoms with Crippen LogP contribution in [0.25, 0.3) is 0 Å². The molecular weight excluding hydrogens is 192 g/mol. The maximum Gasteiger partial charge on any atom is 0.306 e. The Balaban J connectivity index is 3.53. The number of rotatable bonds is 6. The van der Waals surface area contributed by atoms with E-state index in [4.69, 9.17) is 0 Å². The van der Waals surface area contributed by atoms with Crippen LogP contribution in [0.3, 0.4) is 0 Å². The first kappa shape index (κ1) is 12.4. The molecule has 4 nitrogen and oxygen atoms in total. The lowest BCUT2D eigenvalue weighted by atomic mass is 10.2. The fourth-order valence-corrected chi connectivity index (χ4v) is 1.11. The second-order valence-electron chi connectivity index (χ2n) is 3.02. The van der Waals surface area contributed by atoms with Crippen LogP contribution >= 0.6 is 0 Å². The van der Waals surface area contributed by atoms with Gasteiger partial charge in [-0.1, -0.05) is 19.8 Å². The summed E-state index contributed by atoms with van der Waals surface area (Å²) in [6.45, 7) is 2.03. The monoisotopic (exact) mass is 208 g/mol. The van der Waals surface area contributed by atoms with E-state index in [-0.39, 0.29) is 0 Å². The summed E-state index contributed by atoms with van der Waals surface area (Å²) >= 11 is 0. The highest BCUT2D eigenvalue weighted by Gasteiger charge is 2.07. The summed E-state index contributed by atoms with van der Waals surface area (Å²) in [6.07, 6.45) is 4.10. The Labute approximate surface area is 79.2 Å². The molecule has 13 heavy (non-hydrogen) atoms. The van der Waals surface area contributed by atoms with Crippen LogP contribution in [0.1, 0.15) is 32.6 Å².